The van der Waals surface area contributed by atoms with E-state index in [1.807, 2.05) is 60.7 Å². The highest BCUT2D eigenvalue weighted by molar-refractivity contribution is 7.80. The van der Waals surface area contributed by atoms with Crippen LogP contribution in [0.25, 0.3) is 26.3 Å². The topological polar surface area (TPSA) is 84.2 Å². The maximum Gasteiger partial charge on any atom is 0.258 e. The minimum Gasteiger partial charge on any atom is -0.332 e. The number of thiocarbonyl (C=S) groups is 1. The predicted molar refractivity (Wildman–Crippen MR) is 122 cm³/mol. The Kier molecular flexibility index (Phi) is 4.66. The molecule has 0 aliphatic rings. The van der Waals surface area contributed by atoms with Gasteiger partial charge in [0, 0.05) is 16.8 Å². The highest BCUT2D eigenvalue weighted by Gasteiger charge is 2.12. The molecule has 0 aliphatic carbocycles. The fraction of sp³-hybridized carbons (Fsp3) is 0. The molecular formula is C21H14N6OS2. The third kappa shape index (κ3) is 3.51. The normalized spacial score (nSPS) is 10.9. The Balaban J connectivity index is 1.33. The van der Waals surface area contributed by atoms with Gasteiger partial charge in [-0.2, -0.15) is 9.61 Å². The Hall–Kier alpha value is -3.69. The summed E-state index contributed by atoms with van der Waals surface area (Å²) >= 11 is 6.80. The van der Waals surface area contributed by atoms with Crippen molar-refractivity contribution in [2.45, 2.75) is 0 Å². The first kappa shape index (κ1) is 18.3. The van der Waals surface area contributed by atoms with Gasteiger partial charge in [-0.1, -0.05) is 59.9 Å². The Morgan fingerprint density at radius 3 is 2.77 bits per heavy atom. The minimum absolute atomic E-state index is 0.225. The van der Waals surface area contributed by atoms with Gasteiger partial charge in [-0.25, -0.2) is 0 Å². The number of anilines is 1. The summed E-state index contributed by atoms with van der Waals surface area (Å²) in [5, 5.41) is 21.0. The molecule has 146 valence electrons. The van der Waals surface area contributed by atoms with Crippen LogP contribution in [0.5, 0.6) is 0 Å². The Morgan fingerprint density at radius 2 is 1.87 bits per heavy atom. The predicted octanol–water partition coefficient (Wildman–Crippen LogP) is 4.13. The van der Waals surface area contributed by atoms with E-state index < -0.39 is 0 Å². The second-order valence-electron chi connectivity index (χ2n) is 6.48. The molecule has 3 aromatic carbocycles. The number of aromatic nitrogens is 4. The van der Waals surface area contributed by atoms with Crippen molar-refractivity contribution < 1.29 is 4.79 Å². The van der Waals surface area contributed by atoms with E-state index in [2.05, 4.69) is 25.9 Å². The highest BCUT2D eigenvalue weighted by atomic mass is 32.1. The highest BCUT2D eigenvalue weighted by Crippen LogP contribution is 2.26. The third-order valence-electron chi connectivity index (χ3n) is 4.52. The SMILES string of the molecule is O=C(NC(=S)Nc1cccc(-c2nn3cnnc3s2)c1)c1cccc2ccccc12. The molecule has 0 saturated heterocycles. The number of fused-ring (bicyclic) bond motifs is 2. The van der Waals surface area contributed by atoms with Crippen molar-refractivity contribution in [1.82, 2.24) is 25.1 Å². The van der Waals surface area contributed by atoms with Crippen molar-refractivity contribution in [3.8, 4) is 10.6 Å². The molecule has 2 aromatic heterocycles. The molecule has 2 heterocycles. The van der Waals surface area contributed by atoms with Crippen LogP contribution in [-0.2, 0) is 0 Å². The zero-order valence-corrected chi connectivity index (χ0v) is 17.1. The number of carbonyl (C=O) groups excluding carboxylic acids is 1. The summed E-state index contributed by atoms with van der Waals surface area (Å²) in [5.41, 5.74) is 2.24. The van der Waals surface area contributed by atoms with Crippen LogP contribution in [-0.4, -0.2) is 30.8 Å². The second kappa shape index (κ2) is 7.62. The molecule has 0 atom stereocenters. The van der Waals surface area contributed by atoms with Gasteiger partial charge in [0.1, 0.15) is 11.3 Å². The van der Waals surface area contributed by atoms with E-state index in [1.54, 1.807) is 16.9 Å². The Morgan fingerprint density at radius 1 is 1.03 bits per heavy atom. The van der Waals surface area contributed by atoms with Gasteiger partial charge >= 0.3 is 0 Å². The van der Waals surface area contributed by atoms with E-state index in [0.29, 0.717) is 5.56 Å². The minimum atomic E-state index is -0.255. The number of benzene rings is 3. The van der Waals surface area contributed by atoms with E-state index in [9.17, 15) is 4.79 Å². The average Bonchev–Trinajstić information content (AvgIpc) is 3.36. The van der Waals surface area contributed by atoms with Crippen LogP contribution >= 0.6 is 23.6 Å². The Labute approximate surface area is 180 Å². The number of hydrogen-bond donors (Lipinski definition) is 2. The van der Waals surface area contributed by atoms with Gasteiger partial charge in [-0.3, -0.25) is 10.1 Å². The van der Waals surface area contributed by atoms with Gasteiger partial charge in [0.25, 0.3) is 5.91 Å². The van der Waals surface area contributed by atoms with Gasteiger partial charge < -0.3 is 5.32 Å². The summed E-state index contributed by atoms with van der Waals surface area (Å²) < 4.78 is 1.63. The first-order chi connectivity index (χ1) is 14.7. The number of rotatable bonds is 3. The fourth-order valence-electron chi connectivity index (χ4n) is 3.16. The lowest BCUT2D eigenvalue weighted by molar-refractivity contribution is 0.0979. The van der Waals surface area contributed by atoms with E-state index in [4.69, 9.17) is 12.2 Å². The number of nitrogens with one attached hydrogen (secondary N) is 2. The van der Waals surface area contributed by atoms with Gasteiger partial charge in [0.15, 0.2) is 5.11 Å². The molecule has 30 heavy (non-hydrogen) atoms. The fourth-order valence-corrected chi connectivity index (χ4v) is 4.19. The maximum absolute atomic E-state index is 12.8. The molecule has 7 nitrogen and oxygen atoms in total. The van der Waals surface area contributed by atoms with E-state index >= 15 is 0 Å². The van der Waals surface area contributed by atoms with Crippen molar-refractivity contribution in [2.75, 3.05) is 5.32 Å². The number of nitrogens with zero attached hydrogens (tertiary/aromatic N) is 4. The van der Waals surface area contributed by atoms with Crippen LogP contribution in [0.4, 0.5) is 5.69 Å². The van der Waals surface area contributed by atoms with Gasteiger partial charge in [-0.05, 0) is 41.2 Å². The van der Waals surface area contributed by atoms with E-state index in [-0.39, 0.29) is 11.0 Å². The van der Waals surface area contributed by atoms with Crippen molar-refractivity contribution in [1.29, 1.82) is 0 Å². The zero-order valence-electron chi connectivity index (χ0n) is 15.4. The van der Waals surface area contributed by atoms with Crippen LogP contribution in [0, 0.1) is 0 Å². The van der Waals surface area contributed by atoms with Crippen molar-refractivity contribution in [3.05, 3.63) is 78.6 Å². The lowest BCUT2D eigenvalue weighted by Gasteiger charge is -2.11. The van der Waals surface area contributed by atoms with E-state index in [1.165, 1.54) is 11.3 Å². The molecular weight excluding hydrogens is 416 g/mol. The quantitative estimate of drug-likeness (QED) is 0.419. The largest absolute Gasteiger partial charge is 0.332 e. The smallest absolute Gasteiger partial charge is 0.258 e. The molecule has 1 amide bonds. The average molecular weight is 431 g/mol. The van der Waals surface area contributed by atoms with Crippen LogP contribution in [0.1, 0.15) is 10.4 Å². The number of hydrogen-bond acceptors (Lipinski definition) is 6. The Bertz CT molecular complexity index is 1370. The molecule has 0 unspecified atom stereocenters. The lowest BCUT2D eigenvalue weighted by Crippen LogP contribution is -2.34. The van der Waals surface area contributed by atoms with Gasteiger partial charge in [0.05, 0.1) is 0 Å². The van der Waals surface area contributed by atoms with Crippen LogP contribution in [0.3, 0.4) is 0 Å². The lowest BCUT2D eigenvalue weighted by atomic mass is 10.0. The molecule has 5 aromatic rings. The molecule has 0 fully saturated rings. The summed E-state index contributed by atoms with van der Waals surface area (Å²) in [6.45, 7) is 0. The molecule has 9 heteroatoms. The first-order valence-electron chi connectivity index (χ1n) is 9.05. The molecule has 0 radical (unpaired) electrons. The molecule has 0 aliphatic heterocycles. The molecule has 0 saturated carbocycles. The van der Waals surface area contributed by atoms with Crippen molar-refractivity contribution in [3.63, 3.8) is 0 Å². The summed E-state index contributed by atoms with van der Waals surface area (Å²) in [6.07, 6.45) is 1.56. The van der Waals surface area contributed by atoms with Gasteiger partial charge in [-0.15, -0.1) is 10.2 Å². The van der Waals surface area contributed by atoms with Crippen LogP contribution < -0.4 is 10.6 Å². The second-order valence-corrected chi connectivity index (χ2v) is 7.85. The van der Waals surface area contributed by atoms with Crippen LogP contribution in [0.15, 0.2) is 73.1 Å². The number of carbonyl (C=O) groups is 1. The van der Waals surface area contributed by atoms with Crippen molar-refractivity contribution in [2.24, 2.45) is 0 Å². The summed E-state index contributed by atoms with van der Waals surface area (Å²) in [7, 11) is 0. The standard InChI is InChI=1S/C21H14N6OS2/c28-18(17-10-4-6-13-5-1-2-9-16(13)17)24-20(29)23-15-8-3-7-14(11-15)19-26-27-12-22-25-21(27)30-19/h1-12H,(H2,23,24,28,29). The molecule has 0 spiro atoms. The summed E-state index contributed by atoms with van der Waals surface area (Å²) in [5.74, 6) is -0.255. The third-order valence-corrected chi connectivity index (χ3v) is 5.68. The van der Waals surface area contributed by atoms with Gasteiger partial charge in [0.2, 0.25) is 4.96 Å². The van der Waals surface area contributed by atoms with Crippen LogP contribution in [0.2, 0.25) is 0 Å². The monoisotopic (exact) mass is 430 g/mol. The van der Waals surface area contributed by atoms with E-state index in [0.717, 1.165) is 32.0 Å². The maximum atomic E-state index is 12.8. The molecule has 0 bridgehead atoms. The number of amides is 1. The summed E-state index contributed by atoms with van der Waals surface area (Å²) in [4.78, 5) is 13.5. The molecule has 5 rings (SSSR count). The first-order valence-corrected chi connectivity index (χ1v) is 10.3. The van der Waals surface area contributed by atoms with Crippen molar-refractivity contribution >= 4 is 56.0 Å². The summed E-state index contributed by atoms with van der Waals surface area (Å²) in [6, 6.07) is 21.0. The zero-order chi connectivity index (χ0) is 20.5. The molecule has 2 N–H and O–H groups in total.